The van der Waals surface area contributed by atoms with Crippen LogP contribution in [0.5, 0.6) is 11.5 Å². The monoisotopic (exact) mass is 446 g/mol. The van der Waals surface area contributed by atoms with Crippen molar-refractivity contribution in [3.8, 4) is 11.5 Å². The van der Waals surface area contributed by atoms with Gasteiger partial charge in [-0.25, -0.2) is 0 Å². The van der Waals surface area contributed by atoms with E-state index in [1.165, 1.54) is 38.5 Å². The number of hydrazine groups is 1. The summed E-state index contributed by atoms with van der Waals surface area (Å²) >= 11 is 0. The third-order valence-corrected chi connectivity index (χ3v) is 4.26. The molecule has 32 heavy (non-hydrogen) atoms. The topological polar surface area (TPSA) is 141 Å². The molecule has 0 radical (unpaired) electrons. The number of nitrogens with zero attached hydrogens (tertiary/aromatic N) is 1. The third-order valence-electron chi connectivity index (χ3n) is 4.26. The lowest BCUT2D eigenvalue weighted by Gasteiger charge is -2.12. The number of hydrogen-bond donors (Lipinski definition) is 3. The number of amides is 2. The maximum absolute atomic E-state index is 12.4. The molecular weight excluding hydrogens is 420 g/mol. The number of carbonyl (C=O) groups is 2. The van der Waals surface area contributed by atoms with E-state index < -0.39 is 16.7 Å². The molecule has 2 rings (SSSR count). The van der Waals surface area contributed by atoms with Gasteiger partial charge >= 0.3 is 0 Å². The Morgan fingerprint density at radius 2 is 1.62 bits per heavy atom. The van der Waals surface area contributed by atoms with Gasteiger partial charge in [0.25, 0.3) is 17.5 Å². The van der Waals surface area contributed by atoms with E-state index >= 15 is 0 Å². The zero-order chi connectivity index (χ0) is 23.5. The van der Waals surface area contributed by atoms with Crippen molar-refractivity contribution >= 4 is 23.2 Å². The second kappa shape index (κ2) is 12.1. The second-order valence-electron chi connectivity index (χ2n) is 6.53. The van der Waals surface area contributed by atoms with Gasteiger partial charge in [0.05, 0.1) is 25.2 Å². The quantitative estimate of drug-likeness (QED) is 0.272. The maximum Gasteiger partial charge on any atom is 0.293 e. The van der Waals surface area contributed by atoms with Crippen molar-refractivity contribution < 1.29 is 28.7 Å². The zero-order valence-electron chi connectivity index (χ0n) is 18.1. The van der Waals surface area contributed by atoms with Gasteiger partial charge in [-0.1, -0.05) is 6.92 Å². The van der Waals surface area contributed by atoms with Gasteiger partial charge in [-0.3, -0.25) is 30.6 Å². The summed E-state index contributed by atoms with van der Waals surface area (Å²) in [6, 6.07) is 8.57. The molecule has 0 fully saturated rings. The summed E-state index contributed by atoms with van der Waals surface area (Å²) in [7, 11) is 2.97. The van der Waals surface area contributed by atoms with Crippen molar-refractivity contribution in [2.45, 2.75) is 13.3 Å². The summed E-state index contributed by atoms with van der Waals surface area (Å²) in [5, 5.41) is 14.2. The molecule has 0 aliphatic carbocycles. The fourth-order valence-corrected chi connectivity index (χ4v) is 2.66. The summed E-state index contributed by atoms with van der Waals surface area (Å²) in [6.45, 7) is 3.20. The molecular formula is C21H26N4O7. The number of methoxy groups -OCH3 is 2. The van der Waals surface area contributed by atoms with E-state index in [4.69, 9.17) is 14.2 Å². The van der Waals surface area contributed by atoms with Crippen LogP contribution in [0.15, 0.2) is 36.4 Å². The van der Waals surface area contributed by atoms with Gasteiger partial charge in [0, 0.05) is 30.8 Å². The number of rotatable bonds is 11. The van der Waals surface area contributed by atoms with Crippen molar-refractivity contribution in [3.05, 3.63) is 57.6 Å². The molecule has 2 aromatic rings. The zero-order valence-corrected chi connectivity index (χ0v) is 18.1. The number of ether oxygens (including phenoxy) is 3. The maximum atomic E-state index is 12.4. The molecule has 0 saturated carbocycles. The van der Waals surface area contributed by atoms with Crippen molar-refractivity contribution in [1.29, 1.82) is 0 Å². The molecule has 2 aromatic carbocycles. The molecule has 0 heterocycles. The van der Waals surface area contributed by atoms with E-state index in [9.17, 15) is 19.7 Å². The number of benzene rings is 2. The Labute approximate surface area is 185 Å². The Morgan fingerprint density at radius 1 is 0.969 bits per heavy atom. The highest BCUT2D eigenvalue weighted by atomic mass is 16.6. The number of hydrogen-bond acceptors (Lipinski definition) is 8. The van der Waals surface area contributed by atoms with Crippen LogP contribution >= 0.6 is 0 Å². The van der Waals surface area contributed by atoms with Gasteiger partial charge in [0.15, 0.2) is 11.5 Å². The molecule has 0 atom stereocenters. The minimum atomic E-state index is -0.709. The summed E-state index contributed by atoms with van der Waals surface area (Å²) in [6.07, 6.45) is 0.819. The number of nitro groups is 1. The lowest BCUT2D eigenvalue weighted by molar-refractivity contribution is -0.384. The normalized spacial score (nSPS) is 10.2. The van der Waals surface area contributed by atoms with Gasteiger partial charge in [-0.05, 0) is 36.8 Å². The Bertz CT molecular complexity index is 965. The van der Waals surface area contributed by atoms with Crippen LogP contribution in [-0.4, -0.2) is 50.7 Å². The Balaban J connectivity index is 2.06. The van der Waals surface area contributed by atoms with E-state index in [0.717, 1.165) is 12.5 Å². The first-order chi connectivity index (χ1) is 15.4. The smallest absolute Gasteiger partial charge is 0.293 e. The molecule has 0 aliphatic heterocycles. The predicted molar refractivity (Wildman–Crippen MR) is 117 cm³/mol. The van der Waals surface area contributed by atoms with Crippen molar-refractivity contribution in [2.75, 3.05) is 39.3 Å². The molecule has 0 bridgehead atoms. The fourth-order valence-electron chi connectivity index (χ4n) is 2.66. The van der Waals surface area contributed by atoms with Gasteiger partial charge in [-0.15, -0.1) is 0 Å². The lowest BCUT2D eigenvalue weighted by Crippen LogP contribution is -2.41. The number of nitro benzene ring substituents is 1. The minimum Gasteiger partial charge on any atom is -0.493 e. The molecule has 0 spiro atoms. The van der Waals surface area contributed by atoms with Crippen molar-refractivity contribution in [1.82, 2.24) is 10.9 Å². The lowest BCUT2D eigenvalue weighted by atomic mass is 10.1. The summed E-state index contributed by atoms with van der Waals surface area (Å²) < 4.78 is 15.7. The van der Waals surface area contributed by atoms with Crippen LogP contribution in [0.1, 0.15) is 34.1 Å². The average molecular weight is 446 g/mol. The van der Waals surface area contributed by atoms with Crippen LogP contribution in [0.25, 0.3) is 0 Å². The second-order valence-corrected chi connectivity index (χ2v) is 6.53. The molecule has 0 unspecified atom stereocenters. The van der Waals surface area contributed by atoms with Crippen LogP contribution in [-0.2, 0) is 4.74 Å². The fraction of sp³-hybridized carbons (Fsp3) is 0.333. The summed E-state index contributed by atoms with van der Waals surface area (Å²) in [5.41, 5.74) is 4.75. The molecule has 0 saturated heterocycles. The van der Waals surface area contributed by atoms with E-state index in [1.54, 1.807) is 6.07 Å². The average Bonchev–Trinajstić information content (AvgIpc) is 2.80. The standard InChI is InChI=1S/C21H26N4O7/c1-4-10-32-18-8-6-15(13-19(18)31-3)21(27)24-23-20(26)14-5-7-16(22-9-11-30-2)17(12-14)25(28)29/h5-8,12-13,22H,4,9-11H2,1-3H3,(H,23,26)(H,24,27). The van der Waals surface area contributed by atoms with Crippen molar-refractivity contribution in [3.63, 3.8) is 0 Å². The van der Waals surface area contributed by atoms with Crippen LogP contribution in [0.2, 0.25) is 0 Å². The number of carbonyl (C=O) groups excluding carboxylic acids is 2. The van der Waals surface area contributed by atoms with Crippen molar-refractivity contribution in [2.24, 2.45) is 0 Å². The minimum absolute atomic E-state index is 0.00943. The molecule has 3 N–H and O–H groups in total. The first-order valence-electron chi connectivity index (χ1n) is 9.84. The molecule has 172 valence electrons. The first kappa shape index (κ1) is 24.4. The largest absolute Gasteiger partial charge is 0.493 e. The molecule has 2 amide bonds. The van der Waals surface area contributed by atoms with E-state index in [0.29, 0.717) is 31.3 Å². The van der Waals surface area contributed by atoms with Gasteiger partial charge in [0.1, 0.15) is 5.69 Å². The predicted octanol–water partition coefficient (Wildman–Crippen LogP) is 2.53. The highest BCUT2D eigenvalue weighted by molar-refractivity contribution is 6.00. The molecule has 0 aromatic heterocycles. The molecule has 11 heteroatoms. The number of nitrogens with one attached hydrogen (secondary N) is 3. The van der Waals surface area contributed by atoms with E-state index in [-0.39, 0.29) is 22.5 Å². The highest BCUT2D eigenvalue weighted by Crippen LogP contribution is 2.28. The SMILES string of the molecule is CCCOc1ccc(C(=O)NNC(=O)c2ccc(NCCOC)c([N+](=O)[O-])c2)cc1OC. The third kappa shape index (κ3) is 6.57. The van der Waals surface area contributed by atoms with Gasteiger partial charge in [0.2, 0.25) is 0 Å². The number of anilines is 1. The molecule has 0 aliphatic rings. The van der Waals surface area contributed by atoms with Gasteiger partial charge in [-0.2, -0.15) is 0 Å². The molecule has 11 nitrogen and oxygen atoms in total. The highest BCUT2D eigenvalue weighted by Gasteiger charge is 2.18. The van der Waals surface area contributed by atoms with E-state index in [1.807, 2.05) is 6.92 Å². The van der Waals surface area contributed by atoms with Crippen LogP contribution in [0.3, 0.4) is 0 Å². The Kier molecular flexibility index (Phi) is 9.23. The first-order valence-corrected chi connectivity index (χ1v) is 9.84. The summed E-state index contributed by atoms with van der Waals surface area (Å²) in [4.78, 5) is 35.5. The van der Waals surface area contributed by atoms with Gasteiger partial charge < -0.3 is 19.5 Å². The Morgan fingerprint density at radius 3 is 2.22 bits per heavy atom. The van der Waals surface area contributed by atoms with Crippen LogP contribution in [0, 0.1) is 10.1 Å². The summed E-state index contributed by atoms with van der Waals surface area (Å²) in [5.74, 6) is -0.420. The van der Waals surface area contributed by atoms with Crippen LogP contribution < -0.4 is 25.6 Å². The van der Waals surface area contributed by atoms with E-state index in [2.05, 4.69) is 16.2 Å². The Hall–Kier alpha value is -3.86. The van der Waals surface area contributed by atoms with Crippen LogP contribution in [0.4, 0.5) is 11.4 Å².